The normalized spacial score (nSPS) is 11.3. The number of sulfone groups is 1. The fourth-order valence-corrected chi connectivity index (χ4v) is 6.08. The van der Waals surface area contributed by atoms with E-state index in [0.29, 0.717) is 4.90 Å². The minimum absolute atomic E-state index is 0.0688. The molecule has 0 spiro atoms. The molecule has 2 heterocycles. The van der Waals surface area contributed by atoms with Crippen molar-refractivity contribution in [3.63, 3.8) is 0 Å². The van der Waals surface area contributed by atoms with Crippen LogP contribution in [0.25, 0.3) is 0 Å². The zero-order valence-electron chi connectivity index (χ0n) is 15.7. The fraction of sp³-hybridized carbons (Fsp3) is 0.111. The van der Waals surface area contributed by atoms with E-state index in [4.69, 9.17) is 23.2 Å². The monoisotopic (exact) mass is 517 g/mol. The molecule has 3 rings (SSSR count). The third-order valence-electron chi connectivity index (χ3n) is 3.94. The summed E-state index contributed by atoms with van der Waals surface area (Å²) in [7, 11) is -3.45. The van der Waals surface area contributed by atoms with E-state index in [1.54, 1.807) is 0 Å². The highest BCUT2D eigenvalue weighted by Gasteiger charge is 2.25. The van der Waals surface area contributed by atoms with Crippen molar-refractivity contribution < 1.29 is 18.1 Å². The number of benzene rings is 1. The smallest absolute Gasteiger partial charge is 0.294 e. The number of carbonyl (C=O) groups is 1. The number of aromatic nitrogens is 1. The van der Waals surface area contributed by atoms with Crippen LogP contribution in [0.4, 0.5) is 11.4 Å². The van der Waals surface area contributed by atoms with Crippen LogP contribution in [0.2, 0.25) is 10.0 Å². The molecule has 3 aromatic rings. The molecule has 0 atom stereocenters. The van der Waals surface area contributed by atoms with Gasteiger partial charge in [0.05, 0.1) is 30.5 Å². The molecule has 0 aliphatic carbocycles. The Hall–Kier alpha value is -2.18. The first-order chi connectivity index (χ1) is 14.6. The second kappa shape index (κ2) is 9.53. The summed E-state index contributed by atoms with van der Waals surface area (Å²) in [4.78, 5) is 27.9. The highest BCUT2D eigenvalue weighted by molar-refractivity contribution is 8.01. The van der Waals surface area contributed by atoms with Gasteiger partial charge in [-0.05, 0) is 18.2 Å². The number of hydrogen-bond donors (Lipinski definition) is 1. The quantitative estimate of drug-likeness (QED) is 0.321. The zero-order valence-corrected chi connectivity index (χ0v) is 19.6. The molecule has 0 saturated carbocycles. The maximum atomic E-state index is 12.7. The van der Waals surface area contributed by atoms with Crippen molar-refractivity contribution in [3.05, 3.63) is 67.8 Å². The van der Waals surface area contributed by atoms with Crippen molar-refractivity contribution in [2.45, 2.75) is 20.9 Å². The second-order valence-corrected chi connectivity index (χ2v) is 11.4. The van der Waals surface area contributed by atoms with E-state index in [9.17, 15) is 23.3 Å². The number of nitro groups is 1. The standard InChI is InChI=1S/C18H13Cl2N3O5S3/c1-2-31(27,28)11-5-3-4-10(6-11)22-17(24)15-7-14(23(25)26)18(29-15)30-16-12(19)8-21-9-13(16)20/h3-9H,2H2,1H3,(H,22,24). The SMILES string of the molecule is CCS(=O)(=O)c1cccc(NC(=O)c2cc([N+](=O)[O-])c(Sc3c(Cl)cncc3Cl)s2)c1. The van der Waals surface area contributed by atoms with Gasteiger partial charge >= 0.3 is 0 Å². The number of rotatable bonds is 7. The molecule has 31 heavy (non-hydrogen) atoms. The first kappa shape index (κ1) is 23.5. The summed E-state index contributed by atoms with van der Waals surface area (Å²) in [6.45, 7) is 1.52. The van der Waals surface area contributed by atoms with E-state index >= 15 is 0 Å². The summed E-state index contributed by atoms with van der Waals surface area (Å²) in [5, 5.41) is 14.5. The lowest BCUT2D eigenvalue weighted by atomic mass is 10.3. The Morgan fingerprint density at radius 2 is 1.94 bits per heavy atom. The van der Waals surface area contributed by atoms with Gasteiger partial charge in [0.15, 0.2) is 9.84 Å². The molecule has 8 nitrogen and oxygen atoms in total. The summed E-state index contributed by atoms with van der Waals surface area (Å²) in [6.07, 6.45) is 2.72. The molecule has 0 unspecified atom stereocenters. The summed E-state index contributed by atoms with van der Waals surface area (Å²) in [5.41, 5.74) is -0.0172. The van der Waals surface area contributed by atoms with E-state index in [2.05, 4.69) is 10.3 Å². The van der Waals surface area contributed by atoms with Crippen molar-refractivity contribution >= 4 is 73.4 Å². The van der Waals surface area contributed by atoms with Gasteiger partial charge in [0, 0.05) is 24.1 Å². The van der Waals surface area contributed by atoms with Crippen LogP contribution >= 0.6 is 46.3 Å². The second-order valence-electron chi connectivity index (χ2n) is 5.96. The van der Waals surface area contributed by atoms with Gasteiger partial charge in [0.2, 0.25) is 0 Å². The number of thiophene rings is 1. The van der Waals surface area contributed by atoms with Gasteiger partial charge < -0.3 is 5.32 Å². The van der Waals surface area contributed by atoms with Crippen molar-refractivity contribution in [3.8, 4) is 0 Å². The Kier molecular flexibility index (Phi) is 7.22. The molecule has 13 heteroatoms. The molecule has 1 amide bonds. The minimum Gasteiger partial charge on any atom is -0.321 e. The summed E-state index contributed by atoms with van der Waals surface area (Å²) in [5.74, 6) is -0.694. The van der Waals surface area contributed by atoms with Crippen molar-refractivity contribution in [2.24, 2.45) is 0 Å². The maximum Gasteiger partial charge on any atom is 0.294 e. The first-order valence-electron chi connectivity index (χ1n) is 8.51. The van der Waals surface area contributed by atoms with Crippen LogP contribution in [-0.4, -0.2) is 30.0 Å². The van der Waals surface area contributed by atoms with E-state index in [-0.39, 0.29) is 41.2 Å². The zero-order chi connectivity index (χ0) is 22.8. The van der Waals surface area contributed by atoms with Gasteiger partial charge in [-0.15, -0.1) is 11.3 Å². The number of carbonyl (C=O) groups excluding carboxylic acids is 1. The minimum atomic E-state index is -3.45. The molecule has 1 N–H and O–H groups in total. The third-order valence-corrected chi connectivity index (χ3v) is 8.92. The Balaban J connectivity index is 1.90. The van der Waals surface area contributed by atoms with Gasteiger partial charge in [-0.25, -0.2) is 8.42 Å². The average molecular weight is 518 g/mol. The lowest BCUT2D eigenvalue weighted by Gasteiger charge is -2.06. The first-order valence-corrected chi connectivity index (χ1v) is 12.6. The summed E-state index contributed by atoms with van der Waals surface area (Å²) >= 11 is 14.0. The van der Waals surface area contributed by atoms with Gasteiger partial charge in [-0.3, -0.25) is 19.9 Å². The summed E-state index contributed by atoms with van der Waals surface area (Å²) in [6, 6.07) is 6.95. The van der Waals surface area contributed by atoms with Crippen molar-refractivity contribution in [2.75, 3.05) is 11.1 Å². The van der Waals surface area contributed by atoms with Crippen molar-refractivity contribution in [1.29, 1.82) is 0 Å². The van der Waals surface area contributed by atoms with Gasteiger partial charge in [-0.1, -0.05) is 48.0 Å². The topological polar surface area (TPSA) is 119 Å². The van der Waals surface area contributed by atoms with Crippen molar-refractivity contribution in [1.82, 2.24) is 4.98 Å². The highest BCUT2D eigenvalue weighted by Crippen LogP contribution is 2.45. The number of hydrogen-bond acceptors (Lipinski definition) is 8. The predicted molar refractivity (Wildman–Crippen MR) is 121 cm³/mol. The van der Waals surface area contributed by atoms with E-state index in [0.717, 1.165) is 29.2 Å². The predicted octanol–water partition coefficient (Wildman–Crippen LogP) is 5.56. The van der Waals surface area contributed by atoms with Gasteiger partial charge in [0.25, 0.3) is 11.6 Å². The Labute approximate surface area is 195 Å². The molecule has 0 bridgehead atoms. The van der Waals surface area contributed by atoms with Crippen LogP contribution in [0.5, 0.6) is 0 Å². The largest absolute Gasteiger partial charge is 0.321 e. The van der Waals surface area contributed by atoms with Crippen LogP contribution in [0.1, 0.15) is 16.6 Å². The lowest BCUT2D eigenvalue weighted by molar-refractivity contribution is -0.387. The maximum absolute atomic E-state index is 12.7. The van der Waals surface area contributed by atoms with Crippen LogP contribution < -0.4 is 5.32 Å². The lowest BCUT2D eigenvalue weighted by Crippen LogP contribution is -2.11. The van der Waals surface area contributed by atoms with E-state index in [1.807, 2.05) is 0 Å². The molecule has 0 aliphatic heterocycles. The Bertz CT molecular complexity index is 1260. The average Bonchev–Trinajstić information content (AvgIpc) is 3.15. The Morgan fingerprint density at radius 1 is 1.26 bits per heavy atom. The molecule has 0 saturated heterocycles. The van der Waals surface area contributed by atoms with Crippen LogP contribution in [-0.2, 0) is 9.84 Å². The molecule has 2 aromatic heterocycles. The molecule has 0 aliphatic rings. The molecule has 0 fully saturated rings. The van der Waals surface area contributed by atoms with Crippen LogP contribution in [0, 0.1) is 10.1 Å². The molecule has 0 radical (unpaired) electrons. The number of pyridine rings is 1. The number of halogens is 2. The molecular weight excluding hydrogens is 505 g/mol. The highest BCUT2D eigenvalue weighted by atomic mass is 35.5. The fourth-order valence-electron chi connectivity index (χ4n) is 2.39. The van der Waals surface area contributed by atoms with Gasteiger partial charge in [-0.2, -0.15) is 0 Å². The molecular formula is C18H13Cl2N3O5S3. The number of nitrogens with zero attached hydrogens (tertiary/aromatic N) is 2. The number of amides is 1. The third kappa shape index (κ3) is 5.36. The molecule has 1 aromatic carbocycles. The summed E-state index contributed by atoms with van der Waals surface area (Å²) < 4.78 is 24.3. The van der Waals surface area contributed by atoms with Crippen LogP contribution in [0.3, 0.4) is 0 Å². The van der Waals surface area contributed by atoms with E-state index in [1.165, 1.54) is 43.6 Å². The molecule has 162 valence electrons. The number of anilines is 1. The van der Waals surface area contributed by atoms with E-state index < -0.39 is 20.7 Å². The van der Waals surface area contributed by atoms with Crippen LogP contribution in [0.15, 0.2) is 56.7 Å². The van der Waals surface area contributed by atoms with Gasteiger partial charge in [0.1, 0.15) is 9.09 Å². The number of nitrogens with one attached hydrogen (secondary N) is 1. The Morgan fingerprint density at radius 3 is 2.55 bits per heavy atom.